The van der Waals surface area contributed by atoms with E-state index in [1.165, 1.54) is 0 Å². The van der Waals surface area contributed by atoms with Crippen molar-refractivity contribution >= 4 is 18.4 Å². The van der Waals surface area contributed by atoms with E-state index in [2.05, 4.69) is 0 Å². The van der Waals surface area contributed by atoms with Gasteiger partial charge in [0.1, 0.15) is 0 Å². The van der Waals surface area contributed by atoms with Gasteiger partial charge in [-0.15, -0.1) is 12.4 Å². The Balaban J connectivity index is 0.00000144. The Labute approximate surface area is 83.0 Å². The molecule has 1 aromatic carbocycles. The van der Waals surface area contributed by atoms with Crippen LogP contribution >= 0.6 is 12.4 Å². The highest BCUT2D eigenvalue weighted by molar-refractivity contribution is 5.89. The van der Waals surface area contributed by atoms with Gasteiger partial charge in [0.05, 0.1) is 5.56 Å². The Morgan fingerprint density at radius 2 is 2.00 bits per heavy atom. The number of benzene rings is 1. The molecule has 0 amide bonds. The molecule has 0 aliphatic rings. The zero-order valence-electron chi connectivity index (χ0n) is 7.06. The molecule has 0 atom stereocenters. The molecule has 4 heteroatoms. The summed E-state index contributed by atoms with van der Waals surface area (Å²) in [6, 6.07) is 6.91. The van der Waals surface area contributed by atoms with Gasteiger partial charge < -0.3 is 10.8 Å². The summed E-state index contributed by atoms with van der Waals surface area (Å²) in [5, 5.41) is 8.75. The summed E-state index contributed by atoms with van der Waals surface area (Å²) < 4.78 is 0. The van der Waals surface area contributed by atoms with Crippen molar-refractivity contribution in [2.75, 3.05) is 6.54 Å². The average molecular weight is 202 g/mol. The first-order valence-electron chi connectivity index (χ1n) is 3.77. The summed E-state index contributed by atoms with van der Waals surface area (Å²) in [5.74, 6) is -0.890. The van der Waals surface area contributed by atoms with Crippen LogP contribution in [0.5, 0.6) is 0 Å². The number of nitrogens with two attached hydrogens (primary N) is 1. The zero-order chi connectivity index (χ0) is 8.97. The van der Waals surface area contributed by atoms with Crippen molar-refractivity contribution in [1.29, 1.82) is 0 Å². The van der Waals surface area contributed by atoms with Crippen molar-refractivity contribution in [3.05, 3.63) is 35.4 Å². The topological polar surface area (TPSA) is 63.3 Å². The van der Waals surface area contributed by atoms with Crippen LogP contribution in [0.3, 0.4) is 0 Å². The summed E-state index contributed by atoms with van der Waals surface area (Å²) in [5.41, 5.74) is 6.49. The summed E-state index contributed by atoms with van der Waals surface area (Å²) >= 11 is 0. The van der Waals surface area contributed by atoms with Gasteiger partial charge in [-0.1, -0.05) is 18.2 Å². The van der Waals surface area contributed by atoms with E-state index in [4.69, 9.17) is 10.8 Å². The minimum atomic E-state index is -0.890. The Kier molecular flexibility index (Phi) is 5.11. The quantitative estimate of drug-likeness (QED) is 0.775. The maximum atomic E-state index is 10.7. The lowest BCUT2D eigenvalue weighted by atomic mass is 10.1. The van der Waals surface area contributed by atoms with Crippen LogP contribution in [0.15, 0.2) is 24.3 Å². The van der Waals surface area contributed by atoms with Gasteiger partial charge in [0.25, 0.3) is 0 Å². The molecule has 3 nitrogen and oxygen atoms in total. The van der Waals surface area contributed by atoms with Crippen LogP contribution in [0.1, 0.15) is 15.9 Å². The number of carboxylic acids is 1. The van der Waals surface area contributed by atoms with E-state index < -0.39 is 5.97 Å². The summed E-state index contributed by atoms with van der Waals surface area (Å²) in [6.45, 7) is 0.476. The predicted octanol–water partition coefficient (Wildman–Crippen LogP) is 1.31. The van der Waals surface area contributed by atoms with Gasteiger partial charge in [-0.3, -0.25) is 0 Å². The Morgan fingerprint density at radius 3 is 2.54 bits per heavy atom. The smallest absolute Gasteiger partial charge is 0.335 e. The third kappa shape index (κ3) is 3.05. The monoisotopic (exact) mass is 201 g/mol. The molecular formula is C9H12ClNO2. The largest absolute Gasteiger partial charge is 0.478 e. The normalized spacial score (nSPS) is 9.00. The van der Waals surface area contributed by atoms with E-state index in [9.17, 15) is 4.79 Å². The molecule has 0 aromatic heterocycles. The molecule has 3 N–H and O–H groups in total. The molecule has 0 radical (unpaired) electrons. The fraction of sp³-hybridized carbons (Fsp3) is 0.222. The van der Waals surface area contributed by atoms with E-state index in [-0.39, 0.29) is 12.4 Å². The number of carbonyl (C=O) groups is 1. The van der Waals surface area contributed by atoms with Crippen molar-refractivity contribution in [1.82, 2.24) is 0 Å². The number of hydrogen-bond acceptors (Lipinski definition) is 2. The van der Waals surface area contributed by atoms with Gasteiger partial charge in [0.15, 0.2) is 0 Å². The Morgan fingerprint density at radius 1 is 1.38 bits per heavy atom. The maximum absolute atomic E-state index is 10.7. The van der Waals surface area contributed by atoms with Gasteiger partial charge in [-0.2, -0.15) is 0 Å². The Bertz CT molecular complexity index is 289. The van der Waals surface area contributed by atoms with Crippen LogP contribution < -0.4 is 5.73 Å². The van der Waals surface area contributed by atoms with E-state index >= 15 is 0 Å². The summed E-state index contributed by atoms with van der Waals surface area (Å²) in [4.78, 5) is 10.7. The molecule has 0 unspecified atom stereocenters. The van der Waals surface area contributed by atoms with Gasteiger partial charge >= 0.3 is 5.97 Å². The SMILES string of the molecule is Cl.NCCc1ccccc1C(=O)O. The second-order valence-electron chi connectivity index (χ2n) is 2.50. The number of rotatable bonds is 3. The van der Waals surface area contributed by atoms with Crippen LogP contribution in [0, 0.1) is 0 Å². The third-order valence-corrected chi connectivity index (χ3v) is 1.66. The van der Waals surface area contributed by atoms with Crippen molar-refractivity contribution in [2.45, 2.75) is 6.42 Å². The molecule has 1 aromatic rings. The van der Waals surface area contributed by atoms with Crippen LogP contribution in [-0.2, 0) is 6.42 Å². The van der Waals surface area contributed by atoms with Gasteiger partial charge in [0, 0.05) is 0 Å². The molecule has 0 aliphatic heterocycles. The summed E-state index contributed by atoms with van der Waals surface area (Å²) in [7, 11) is 0. The molecule has 72 valence electrons. The van der Waals surface area contributed by atoms with E-state index in [0.717, 1.165) is 5.56 Å². The molecule has 0 bridgehead atoms. The fourth-order valence-electron chi connectivity index (χ4n) is 1.10. The van der Waals surface area contributed by atoms with E-state index in [1.54, 1.807) is 18.2 Å². The molecule has 0 saturated heterocycles. The molecule has 0 saturated carbocycles. The molecule has 1 rings (SSSR count). The Hall–Kier alpha value is -1.06. The summed E-state index contributed by atoms with van der Waals surface area (Å²) in [6.07, 6.45) is 0.614. The highest BCUT2D eigenvalue weighted by Crippen LogP contribution is 2.08. The maximum Gasteiger partial charge on any atom is 0.335 e. The number of halogens is 1. The van der Waals surface area contributed by atoms with E-state index in [0.29, 0.717) is 18.5 Å². The first-order chi connectivity index (χ1) is 5.75. The van der Waals surface area contributed by atoms with Crippen molar-refractivity contribution < 1.29 is 9.90 Å². The fourth-order valence-corrected chi connectivity index (χ4v) is 1.10. The lowest BCUT2D eigenvalue weighted by Gasteiger charge is -2.02. The van der Waals surface area contributed by atoms with Crippen molar-refractivity contribution in [3.8, 4) is 0 Å². The lowest BCUT2D eigenvalue weighted by Crippen LogP contribution is -2.08. The zero-order valence-corrected chi connectivity index (χ0v) is 7.88. The number of hydrogen-bond donors (Lipinski definition) is 2. The second kappa shape index (κ2) is 5.56. The van der Waals surface area contributed by atoms with Gasteiger partial charge in [-0.25, -0.2) is 4.79 Å². The van der Waals surface area contributed by atoms with Crippen LogP contribution in [0.4, 0.5) is 0 Å². The van der Waals surface area contributed by atoms with Crippen LogP contribution in [0.25, 0.3) is 0 Å². The minimum absolute atomic E-state index is 0. The first kappa shape index (κ1) is 11.9. The molecule has 0 fully saturated rings. The van der Waals surface area contributed by atoms with E-state index in [1.807, 2.05) is 6.07 Å². The second-order valence-corrected chi connectivity index (χ2v) is 2.50. The average Bonchev–Trinajstić information content (AvgIpc) is 2.05. The predicted molar refractivity (Wildman–Crippen MR) is 53.4 cm³/mol. The molecule has 0 spiro atoms. The highest BCUT2D eigenvalue weighted by atomic mass is 35.5. The van der Waals surface area contributed by atoms with Gasteiger partial charge in [0.2, 0.25) is 0 Å². The molecular weight excluding hydrogens is 190 g/mol. The van der Waals surface area contributed by atoms with Gasteiger partial charge in [-0.05, 0) is 24.6 Å². The standard InChI is InChI=1S/C9H11NO2.ClH/c10-6-5-7-3-1-2-4-8(7)9(11)12;/h1-4H,5-6,10H2,(H,11,12);1H. The number of aromatic carboxylic acids is 1. The van der Waals surface area contributed by atoms with Crippen molar-refractivity contribution in [3.63, 3.8) is 0 Å². The first-order valence-corrected chi connectivity index (χ1v) is 3.77. The van der Waals surface area contributed by atoms with Crippen LogP contribution in [-0.4, -0.2) is 17.6 Å². The third-order valence-electron chi connectivity index (χ3n) is 1.66. The molecule has 0 heterocycles. The molecule has 0 aliphatic carbocycles. The number of carboxylic acid groups (broad SMARTS) is 1. The van der Waals surface area contributed by atoms with Crippen LogP contribution in [0.2, 0.25) is 0 Å². The lowest BCUT2D eigenvalue weighted by molar-refractivity contribution is 0.0696. The molecule has 13 heavy (non-hydrogen) atoms. The highest BCUT2D eigenvalue weighted by Gasteiger charge is 2.06. The minimum Gasteiger partial charge on any atom is -0.478 e. The van der Waals surface area contributed by atoms with Crippen molar-refractivity contribution in [2.24, 2.45) is 5.73 Å².